The number of ether oxygens (including phenoxy) is 1. The Morgan fingerprint density at radius 2 is 1.90 bits per heavy atom. The molecule has 0 aliphatic carbocycles. The Bertz CT molecular complexity index is 738. The third-order valence-electron chi connectivity index (χ3n) is 3.20. The second-order valence-electron chi connectivity index (χ2n) is 4.47. The summed E-state index contributed by atoms with van der Waals surface area (Å²) in [4.78, 5) is 0. The van der Waals surface area contributed by atoms with Gasteiger partial charge in [0.2, 0.25) is 0 Å². The number of hydrogen-bond donors (Lipinski definition) is 1. The maximum absolute atomic E-state index is 6.10. The highest BCUT2D eigenvalue weighted by Crippen LogP contribution is 2.31. The zero-order chi connectivity index (χ0) is 13.9. The van der Waals surface area contributed by atoms with E-state index in [9.17, 15) is 0 Å². The lowest BCUT2D eigenvalue weighted by atomic mass is 10.1. The topological polar surface area (TPSA) is 35.2 Å². The van der Waals surface area contributed by atoms with Crippen LogP contribution in [0.25, 0.3) is 10.1 Å². The van der Waals surface area contributed by atoms with Gasteiger partial charge >= 0.3 is 0 Å². The molecule has 0 aliphatic heterocycles. The molecule has 0 saturated heterocycles. The van der Waals surface area contributed by atoms with Crippen LogP contribution >= 0.6 is 22.9 Å². The smallest absolute Gasteiger partial charge is 0.138 e. The molecular weight excluding hydrogens is 290 g/mol. The predicted octanol–water partition coefficient (Wildman–Crippen LogP) is 4.59. The van der Waals surface area contributed by atoms with E-state index in [2.05, 4.69) is 17.5 Å². The molecule has 0 radical (unpaired) electrons. The number of nitrogens with two attached hydrogens (primary N) is 1. The first-order valence-electron chi connectivity index (χ1n) is 6.35. The number of para-hydroxylation sites is 1. The van der Waals surface area contributed by atoms with Gasteiger partial charge in [-0.2, -0.15) is 0 Å². The minimum absolute atomic E-state index is 0.501. The average Bonchev–Trinajstić information content (AvgIpc) is 2.90. The van der Waals surface area contributed by atoms with E-state index in [1.807, 2.05) is 30.3 Å². The minimum atomic E-state index is 0.501. The van der Waals surface area contributed by atoms with Crippen molar-refractivity contribution in [3.05, 3.63) is 64.0 Å². The van der Waals surface area contributed by atoms with Gasteiger partial charge in [-0.05, 0) is 29.1 Å². The molecule has 0 aliphatic rings. The first-order valence-corrected chi connectivity index (χ1v) is 7.60. The van der Waals surface area contributed by atoms with Crippen molar-refractivity contribution in [2.45, 2.75) is 13.2 Å². The third-order valence-corrected chi connectivity index (χ3v) is 4.51. The molecule has 0 atom stereocenters. The molecule has 2 N–H and O–H groups in total. The Morgan fingerprint density at radius 1 is 1.05 bits per heavy atom. The first-order chi connectivity index (χ1) is 9.79. The molecule has 2 nitrogen and oxygen atoms in total. The molecule has 0 saturated carbocycles. The fraction of sp³-hybridized carbons (Fsp3) is 0.125. The zero-order valence-corrected chi connectivity index (χ0v) is 12.4. The van der Waals surface area contributed by atoms with Crippen LogP contribution in [0.2, 0.25) is 5.02 Å². The number of thiophene rings is 1. The monoisotopic (exact) mass is 303 g/mol. The Labute approximate surface area is 126 Å². The average molecular weight is 304 g/mol. The summed E-state index contributed by atoms with van der Waals surface area (Å²) in [5, 5.41) is 3.97. The SMILES string of the molecule is NCc1cccc2scc(COc3ccccc3Cl)c12. The van der Waals surface area contributed by atoms with Gasteiger partial charge in [0.15, 0.2) is 0 Å². The number of fused-ring (bicyclic) bond motifs is 1. The lowest BCUT2D eigenvalue weighted by Gasteiger charge is -2.08. The fourth-order valence-electron chi connectivity index (χ4n) is 2.23. The van der Waals surface area contributed by atoms with Gasteiger partial charge in [-0.1, -0.05) is 35.9 Å². The Kier molecular flexibility index (Phi) is 3.92. The summed E-state index contributed by atoms with van der Waals surface area (Å²) >= 11 is 7.81. The van der Waals surface area contributed by atoms with Crippen LogP contribution < -0.4 is 10.5 Å². The molecule has 0 spiro atoms. The van der Waals surface area contributed by atoms with Gasteiger partial charge in [-0.3, -0.25) is 0 Å². The Morgan fingerprint density at radius 3 is 2.70 bits per heavy atom. The van der Waals surface area contributed by atoms with Crippen LogP contribution in [-0.2, 0) is 13.2 Å². The second-order valence-corrected chi connectivity index (χ2v) is 5.79. The van der Waals surface area contributed by atoms with Gasteiger partial charge in [0, 0.05) is 22.2 Å². The normalized spacial score (nSPS) is 10.9. The maximum atomic E-state index is 6.10. The maximum Gasteiger partial charge on any atom is 0.138 e. The summed E-state index contributed by atoms with van der Waals surface area (Å²) in [6.45, 7) is 1.04. The lowest BCUT2D eigenvalue weighted by molar-refractivity contribution is 0.308. The quantitative estimate of drug-likeness (QED) is 0.765. The summed E-state index contributed by atoms with van der Waals surface area (Å²) in [6, 6.07) is 13.7. The molecule has 0 amide bonds. The number of benzene rings is 2. The van der Waals surface area contributed by atoms with E-state index in [1.165, 1.54) is 10.1 Å². The van der Waals surface area contributed by atoms with Gasteiger partial charge in [-0.25, -0.2) is 0 Å². The first kappa shape index (κ1) is 13.4. The second kappa shape index (κ2) is 5.83. The van der Waals surface area contributed by atoms with Gasteiger partial charge in [0.1, 0.15) is 12.4 Å². The summed E-state index contributed by atoms with van der Waals surface area (Å²) in [6.07, 6.45) is 0. The Balaban J connectivity index is 1.90. The third kappa shape index (κ3) is 2.52. The number of hydrogen-bond acceptors (Lipinski definition) is 3. The van der Waals surface area contributed by atoms with Gasteiger partial charge in [0.25, 0.3) is 0 Å². The molecule has 1 heterocycles. The highest BCUT2D eigenvalue weighted by Gasteiger charge is 2.09. The number of halogens is 1. The highest BCUT2D eigenvalue weighted by atomic mass is 35.5. The predicted molar refractivity (Wildman–Crippen MR) is 85.5 cm³/mol. The van der Waals surface area contributed by atoms with E-state index in [0.29, 0.717) is 23.9 Å². The van der Waals surface area contributed by atoms with Gasteiger partial charge < -0.3 is 10.5 Å². The van der Waals surface area contributed by atoms with Crippen molar-refractivity contribution in [2.75, 3.05) is 0 Å². The molecule has 102 valence electrons. The summed E-state index contributed by atoms with van der Waals surface area (Å²) in [7, 11) is 0. The molecule has 20 heavy (non-hydrogen) atoms. The molecule has 3 aromatic rings. The molecule has 1 aromatic heterocycles. The van der Waals surface area contributed by atoms with Crippen LogP contribution in [0.15, 0.2) is 47.8 Å². The molecule has 4 heteroatoms. The van der Waals surface area contributed by atoms with Crippen molar-refractivity contribution >= 4 is 33.0 Å². The van der Waals surface area contributed by atoms with Crippen LogP contribution in [0.5, 0.6) is 5.75 Å². The molecule has 3 rings (SSSR count). The lowest BCUT2D eigenvalue weighted by Crippen LogP contribution is -2.00. The molecule has 0 bridgehead atoms. The van der Waals surface area contributed by atoms with Crippen LogP contribution in [0.3, 0.4) is 0 Å². The summed E-state index contributed by atoms with van der Waals surface area (Å²) in [5.74, 6) is 0.707. The van der Waals surface area contributed by atoms with Crippen molar-refractivity contribution in [1.29, 1.82) is 0 Å². The van der Waals surface area contributed by atoms with E-state index in [0.717, 1.165) is 11.1 Å². The largest absolute Gasteiger partial charge is 0.487 e. The molecule has 0 fully saturated rings. The van der Waals surface area contributed by atoms with Crippen LogP contribution in [-0.4, -0.2) is 0 Å². The van der Waals surface area contributed by atoms with Crippen molar-refractivity contribution < 1.29 is 4.74 Å². The molecular formula is C16H14ClNOS. The molecule has 0 unspecified atom stereocenters. The van der Waals surface area contributed by atoms with E-state index < -0.39 is 0 Å². The summed E-state index contributed by atoms with van der Waals surface area (Å²) < 4.78 is 7.06. The van der Waals surface area contributed by atoms with Gasteiger partial charge in [-0.15, -0.1) is 11.3 Å². The molecule has 2 aromatic carbocycles. The minimum Gasteiger partial charge on any atom is -0.487 e. The van der Waals surface area contributed by atoms with E-state index >= 15 is 0 Å². The van der Waals surface area contributed by atoms with Crippen LogP contribution in [0, 0.1) is 0 Å². The van der Waals surface area contributed by atoms with Gasteiger partial charge in [0.05, 0.1) is 5.02 Å². The van der Waals surface area contributed by atoms with Crippen molar-refractivity contribution in [1.82, 2.24) is 0 Å². The Hall–Kier alpha value is -1.55. The van der Waals surface area contributed by atoms with E-state index in [4.69, 9.17) is 22.1 Å². The van der Waals surface area contributed by atoms with Crippen LogP contribution in [0.1, 0.15) is 11.1 Å². The van der Waals surface area contributed by atoms with E-state index in [1.54, 1.807) is 11.3 Å². The van der Waals surface area contributed by atoms with E-state index in [-0.39, 0.29) is 0 Å². The van der Waals surface area contributed by atoms with Crippen molar-refractivity contribution in [3.63, 3.8) is 0 Å². The number of rotatable bonds is 4. The zero-order valence-electron chi connectivity index (χ0n) is 10.8. The van der Waals surface area contributed by atoms with Crippen molar-refractivity contribution in [2.24, 2.45) is 5.73 Å². The van der Waals surface area contributed by atoms with Crippen LogP contribution in [0.4, 0.5) is 0 Å². The highest BCUT2D eigenvalue weighted by molar-refractivity contribution is 7.17. The standard InChI is InChI=1S/C16H14ClNOS/c17-13-5-1-2-6-14(13)19-9-12-10-20-15-7-3-4-11(8-18)16(12)15/h1-7,10H,8-9,18H2. The van der Waals surface area contributed by atoms with Crippen molar-refractivity contribution in [3.8, 4) is 5.75 Å². The summed E-state index contributed by atoms with van der Waals surface area (Å²) in [5.41, 5.74) is 8.13. The fourth-order valence-corrected chi connectivity index (χ4v) is 3.41.